The number of carbonyl (C=O) groups excluding carboxylic acids is 1. The van der Waals surface area contributed by atoms with Crippen LogP contribution in [0, 0.1) is 0 Å². The van der Waals surface area contributed by atoms with E-state index in [1.54, 1.807) is 36.9 Å². The normalized spacial score (nSPS) is 13.7. The smallest absolute Gasteiger partial charge is 0.254 e. The lowest BCUT2D eigenvalue weighted by molar-refractivity contribution is 0.0734. The zero-order chi connectivity index (χ0) is 23.3. The number of benzene rings is 2. The van der Waals surface area contributed by atoms with Gasteiger partial charge in [0.25, 0.3) is 5.91 Å². The van der Waals surface area contributed by atoms with Crippen molar-refractivity contribution in [3.05, 3.63) is 53.1 Å². The molecule has 1 aliphatic rings. The predicted octanol–water partition coefficient (Wildman–Crippen LogP) is 3.71. The highest BCUT2D eigenvalue weighted by Gasteiger charge is 2.26. The van der Waals surface area contributed by atoms with Crippen molar-refractivity contribution in [2.24, 2.45) is 0 Å². The second-order valence-corrected chi connectivity index (χ2v) is 9.47. The number of sulfonamides is 1. The first-order valence-corrected chi connectivity index (χ1v) is 12.6. The molecule has 0 saturated carbocycles. The van der Waals surface area contributed by atoms with Gasteiger partial charge < -0.3 is 14.4 Å². The van der Waals surface area contributed by atoms with Crippen LogP contribution in [0.3, 0.4) is 0 Å². The van der Waals surface area contributed by atoms with Gasteiger partial charge in [-0.25, -0.2) is 8.42 Å². The Hall–Kier alpha value is -2.58. The van der Waals surface area contributed by atoms with Crippen LogP contribution >= 0.6 is 0 Å². The lowest BCUT2D eigenvalue weighted by atomic mass is 9.98. The largest absolute Gasteiger partial charge is 0.490 e. The number of carbonyl (C=O) groups is 1. The number of fused-ring (bicyclic) bond motifs is 1. The fourth-order valence-electron chi connectivity index (χ4n) is 3.96. The van der Waals surface area contributed by atoms with Crippen LogP contribution < -0.4 is 9.47 Å². The number of rotatable bonds is 9. The molecule has 32 heavy (non-hydrogen) atoms. The summed E-state index contributed by atoms with van der Waals surface area (Å²) in [5, 5.41) is 0. The van der Waals surface area contributed by atoms with Crippen molar-refractivity contribution in [2.75, 3.05) is 32.8 Å². The van der Waals surface area contributed by atoms with Gasteiger partial charge in [0.1, 0.15) is 0 Å². The van der Waals surface area contributed by atoms with Crippen LogP contribution in [-0.4, -0.2) is 56.4 Å². The highest BCUT2D eigenvalue weighted by Crippen LogP contribution is 2.34. The second kappa shape index (κ2) is 10.4. The molecule has 8 heteroatoms. The second-order valence-electron chi connectivity index (χ2n) is 7.53. The number of ether oxygens (including phenoxy) is 2. The van der Waals surface area contributed by atoms with Gasteiger partial charge in [-0.15, -0.1) is 0 Å². The van der Waals surface area contributed by atoms with Gasteiger partial charge in [-0.05, 0) is 61.7 Å². The number of hydrogen-bond donors (Lipinski definition) is 0. The maximum atomic E-state index is 13.2. The molecule has 0 aromatic heterocycles. The summed E-state index contributed by atoms with van der Waals surface area (Å²) in [7, 11) is -3.63. The first kappa shape index (κ1) is 24.1. The van der Waals surface area contributed by atoms with Crippen molar-refractivity contribution in [3.63, 3.8) is 0 Å². The van der Waals surface area contributed by atoms with Crippen LogP contribution in [0.15, 0.2) is 41.3 Å². The maximum absolute atomic E-state index is 13.2. The van der Waals surface area contributed by atoms with E-state index in [2.05, 4.69) is 0 Å². The monoisotopic (exact) mass is 460 g/mol. The summed E-state index contributed by atoms with van der Waals surface area (Å²) in [6.07, 6.45) is 0.699. The average Bonchev–Trinajstić information content (AvgIpc) is 2.79. The number of amides is 1. The fraction of sp³-hybridized carbons (Fsp3) is 0.458. The van der Waals surface area contributed by atoms with Crippen molar-refractivity contribution in [1.82, 2.24) is 9.21 Å². The minimum atomic E-state index is -3.63. The van der Waals surface area contributed by atoms with Gasteiger partial charge in [0.2, 0.25) is 10.0 Å². The molecule has 3 rings (SSSR count). The molecule has 7 nitrogen and oxygen atoms in total. The van der Waals surface area contributed by atoms with Gasteiger partial charge in [0, 0.05) is 31.7 Å². The van der Waals surface area contributed by atoms with Gasteiger partial charge >= 0.3 is 0 Å². The van der Waals surface area contributed by atoms with E-state index >= 15 is 0 Å². The molecule has 0 unspecified atom stereocenters. The summed E-state index contributed by atoms with van der Waals surface area (Å²) in [6, 6.07) is 10.3. The third kappa shape index (κ3) is 4.91. The van der Waals surface area contributed by atoms with Gasteiger partial charge in [-0.2, -0.15) is 4.31 Å². The van der Waals surface area contributed by atoms with Crippen molar-refractivity contribution < 1.29 is 22.7 Å². The first-order valence-electron chi connectivity index (χ1n) is 11.2. The average molecular weight is 461 g/mol. The molecule has 2 aromatic rings. The minimum absolute atomic E-state index is 0.143. The molecular weight excluding hydrogens is 428 g/mol. The number of nitrogens with zero attached hydrogens (tertiary/aromatic N) is 2. The Morgan fingerprint density at radius 2 is 1.59 bits per heavy atom. The first-order chi connectivity index (χ1) is 15.3. The Balaban J connectivity index is 1.86. The van der Waals surface area contributed by atoms with E-state index in [0.29, 0.717) is 57.1 Å². The zero-order valence-corrected chi connectivity index (χ0v) is 20.1. The predicted molar refractivity (Wildman–Crippen MR) is 124 cm³/mol. The topological polar surface area (TPSA) is 76.1 Å². The van der Waals surface area contributed by atoms with E-state index in [4.69, 9.17) is 9.47 Å². The van der Waals surface area contributed by atoms with E-state index in [0.717, 1.165) is 16.9 Å². The molecule has 174 valence electrons. The molecule has 1 heterocycles. The molecule has 0 fully saturated rings. The maximum Gasteiger partial charge on any atom is 0.254 e. The number of hydrogen-bond acceptors (Lipinski definition) is 5. The van der Waals surface area contributed by atoms with Crippen LogP contribution in [0.2, 0.25) is 0 Å². The van der Waals surface area contributed by atoms with Crippen LogP contribution in [0.4, 0.5) is 0 Å². The van der Waals surface area contributed by atoms with E-state index in [-0.39, 0.29) is 10.8 Å². The van der Waals surface area contributed by atoms with E-state index in [1.165, 1.54) is 10.4 Å². The Morgan fingerprint density at radius 1 is 0.969 bits per heavy atom. The molecule has 0 saturated heterocycles. The summed E-state index contributed by atoms with van der Waals surface area (Å²) in [4.78, 5) is 15.1. The molecule has 1 aliphatic heterocycles. The van der Waals surface area contributed by atoms with E-state index in [1.807, 2.05) is 26.0 Å². The fourth-order valence-corrected chi connectivity index (χ4v) is 5.46. The third-order valence-electron chi connectivity index (χ3n) is 5.59. The molecule has 0 atom stereocenters. The summed E-state index contributed by atoms with van der Waals surface area (Å²) >= 11 is 0. The van der Waals surface area contributed by atoms with Crippen LogP contribution in [-0.2, 0) is 23.0 Å². The lowest BCUT2D eigenvalue weighted by Gasteiger charge is -2.30. The highest BCUT2D eigenvalue weighted by molar-refractivity contribution is 7.89. The van der Waals surface area contributed by atoms with Gasteiger partial charge in [-0.1, -0.05) is 19.9 Å². The highest BCUT2D eigenvalue weighted by atomic mass is 32.2. The summed E-state index contributed by atoms with van der Waals surface area (Å²) in [6.45, 7) is 10.3. The van der Waals surface area contributed by atoms with E-state index < -0.39 is 10.0 Å². The van der Waals surface area contributed by atoms with Crippen molar-refractivity contribution in [3.8, 4) is 11.5 Å². The lowest BCUT2D eigenvalue weighted by Crippen LogP contribution is -2.36. The van der Waals surface area contributed by atoms with Crippen molar-refractivity contribution >= 4 is 15.9 Å². The molecule has 0 aliphatic carbocycles. The Bertz CT molecular complexity index is 1060. The van der Waals surface area contributed by atoms with E-state index in [9.17, 15) is 13.2 Å². The van der Waals surface area contributed by atoms with Gasteiger partial charge in [-0.3, -0.25) is 4.79 Å². The zero-order valence-electron chi connectivity index (χ0n) is 19.3. The van der Waals surface area contributed by atoms with Crippen LogP contribution in [0.5, 0.6) is 11.5 Å². The van der Waals surface area contributed by atoms with Gasteiger partial charge in [0.15, 0.2) is 11.5 Å². The standard InChI is InChI=1S/C24H32N2O5S/c1-5-26(6-2)32(28,29)21-11-9-10-19(14-21)24(27)25-13-12-18-15-22(30-7-3)23(31-8-4)16-20(18)17-25/h9-11,14-16H,5-8,12-13,17H2,1-4H3. The molecule has 0 spiro atoms. The van der Waals surface area contributed by atoms with Crippen LogP contribution in [0.25, 0.3) is 0 Å². The van der Waals surface area contributed by atoms with Gasteiger partial charge in [0.05, 0.1) is 18.1 Å². The molecule has 1 amide bonds. The van der Waals surface area contributed by atoms with Crippen molar-refractivity contribution in [2.45, 2.75) is 45.6 Å². The summed E-state index contributed by atoms with van der Waals surface area (Å²) < 4.78 is 38.6. The quantitative estimate of drug-likeness (QED) is 0.570. The molecule has 0 N–H and O–H groups in total. The molecule has 0 radical (unpaired) electrons. The van der Waals surface area contributed by atoms with Crippen LogP contribution in [0.1, 0.15) is 49.2 Å². The minimum Gasteiger partial charge on any atom is -0.490 e. The Labute approximate surface area is 191 Å². The molecular formula is C24H32N2O5S. The molecule has 2 aromatic carbocycles. The Kier molecular flexibility index (Phi) is 7.79. The SMILES string of the molecule is CCOc1cc2c(cc1OCC)CN(C(=O)c1cccc(S(=O)(=O)N(CC)CC)c1)CC2. The summed E-state index contributed by atoms with van der Waals surface area (Å²) in [5.74, 6) is 1.22. The Morgan fingerprint density at radius 3 is 2.19 bits per heavy atom. The summed E-state index contributed by atoms with van der Waals surface area (Å²) in [5.41, 5.74) is 2.53. The molecule has 0 bridgehead atoms. The van der Waals surface area contributed by atoms with Crippen molar-refractivity contribution in [1.29, 1.82) is 0 Å². The third-order valence-corrected chi connectivity index (χ3v) is 7.64.